The molecular weight excluding hydrogens is 278 g/mol. The van der Waals surface area contributed by atoms with Crippen LogP contribution < -0.4 is 5.32 Å². The SMILES string of the molecule is CC(Cc1cccs1)NC(=O)c1nnc(Cl)s1. The van der Waals surface area contributed by atoms with Gasteiger partial charge in [-0.2, -0.15) is 0 Å². The second-order valence-electron chi connectivity index (χ2n) is 3.52. The zero-order chi connectivity index (χ0) is 12.3. The topological polar surface area (TPSA) is 54.9 Å². The molecule has 2 aromatic heterocycles. The Labute approximate surface area is 112 Å². The Balaban J connectivity index is 1.90. The van der Waals surface area contributed by atoms with Gasteiger partial charge >= 0.3 is 0 Å². The maximum Gasteiger partial charge on any atom is 0.282 e. The van der Waals surface area contributed by atoms with Gasteiger partial charge in [0.15, 0.2) is 0 Å². The third-order valence-electron chi connectivity index (χ3n) is 2.06. The minimum Gasteiger partial charge on any atom is -0.347 e. The van der Waals surface area contributed by atoms with Crippen LogP contribution in [-0.2, 0) is 6.42 Å². The van der Waals surface area contributed by atoms with Crippen LogP contribution in [0.15, 0.2) is 17.5 Å². The number of nitrogens with one attached hydrogen (secondary N) is 1. The third-order valence-corrected chi connectivity index (χ3v) is 3.98. The Hall–Kier alpha value is -0.980. The van der Waals surface area contributed by atoms with Crippen molar-refractivity contribution in [1.82, 2.24) is 15.5 Å². The maximum absolute atomic E-state index is 11.7. The molecule has 17 heavy (non-hydrogen) atoms. The fourth-order valence-corrected chi connectivity index (χ4v) is 2.93. The standard InChI is InChI=1S/C10H10ClN3OS2/c1-6(5-7-3-2-4-16-7)12-8(15)9-13-14-10(11)17-9/h2-4,6H,5H2,1H3,(H,12,15). The predicted molar refractivity (Wildman–Crippen MR) is 69.9 cm³/mol. The third kappa shape index (κ3) is 3.49. The van der Waals surface area contributed by atoms with E-state index < -0.39 is 0 Å². The van der Waals surface area contributed by atoms with Crippen LogP contribution >= 0.6 is 34.3 Å². The second kappa shape index (κ2) is 5.57. The fraction of sp³-hybridized carbons (Fsp3) is 0.300. The highest BCUT2D eigenvalue weighted by atomic mass is 35.5. The molecule has 90 valence electrons. The highest BCUT2D eigenvalue weighted by Gasteiger charge is 2.14. The number of carbonyl (C=O) groups is 1. The summed E-state index contributed by atoms with van der Waals surface area (Å²) in [6.07, 6.45) is 0.815. The fourth-order valence-electron chi connectivity index (χ4n) is 1.36. The van der Waals surface area contributed by atoms with Gasteiger partial charge in [-0.3, -0.25) is 4.79 Å². The minimum atomic E-state index is -0.224. The number of hydrogen-bond acceptors (Lipinski definition) is 5. The summed E-state index contributed by atoms with van der Waals surface area (Å²) in [6, 6.07) is 4.11. The molecule has 2 aromatic rings. The average Bonchev–Trinajstić information content (AvgIpc) is 2.89. The smallest absolute Gasteiger partial charge is 0.282 e. The van der Waals surface area contributed by atoms with Crippen LogP contribution in [0, 0.1) is 0 Å². The van der Waals surface area contributed by atoms with Crippen molar-refractivity contribution in [3.8, 4) is 0 Å². The molecular formula is C10H10ClN3OS2. The number of aromatic nitrogens is 2. The minimum absolute atomic E-state index is 0.0591. The Morgan fingerprint density at radius 1 is 1.59 bits per heavy atom. The van der Waals surface area contributed by atoms with Crippen LogP contribution in [0.5, 0.6) is 0 Å². The Kier molecular flexibility index (Phi) is 4.09. The summed E-state index contributed by atoms with van der Waals surface area (Å²) in [6.45, 7) is 1.96. The number of hydrogen-bond donors (Lipinski definition) is 1. The highest BCUT2D eigenvalue weighted by molar-refractivity contribution is 7.17. The van der Waals surface area contributed by atoms with E-state index in [4.69, 9.17) is 11.6 Å². The average molecular weight is 288 g/mol. The second-order valence-corrected chi connectivity index (χ2v) is 6.11. The molecule has 0 saturated heterocycles. The summed E-state index contributed by atoms with van der Waals surface area (Å²) in [7, 11) is 0. The van der Waals surface area contributed by atoms with E-state index >= 15 is 0 Å². The van der Waals surface area contributed by atoms with Crippen molar-refractivity contribution < 1.29 is 4.79 Å². The van der Waals surface area contributed by atoms with Gasteiger partial charge in [-0.25, -0.2) is 0 Å². The molecule has 7 heteroatoms. The number of halogens is 1. The number of nitrogens with zero attached hydrogens (tertiary/aromatic N) is 2. The molecule has 2 rings (SSSR count). The molecule has 1 atom stereocenters. The summed E-state index contributed by atoms with van der Waals surface area (Å²) in [5.41, 5.74) is 0. The Morgan fingerprint density at radius 2 is 2.41 bits per heavy atom. The largest absolute Gasteiger partial charge is 0.347 e. The number of thiophene rings is 1. The van der Waals surface area contributed by atoms with Crippen molar-refractivity contribution in [3.05, 3.63) is 31.9 Å². The number of amides is 1. The van der Waals surface area contributed by atoms with E-state index in [1.807, 2.05) is 18.4 Å². The molecule has 0 bridgehead atoms. The van der Waals surface area contributed by atoms with Crippen LogP contribution in [0.25, 0.3) is 0 Å². The summed E-state index contributed by atoms with van der Waals surface area (Å²) < 4.78 is 0.279. The van der Waals surface area contributed by atoms with Crippen molar-refractivity contribution >= 4 is 40.2 Å². The van der Waals surface area contributed by atoms with Crippen LogP contribution in [-0.4, -0.2) is 22.1 Å². The molecule has 1 unspecified atom stereocenters. The lowest BCUT2D eigenvalue weighted by molar-refractivity contribution is 0.0939. The normalized spacial score (nSPS) is 12.4. The van der Waals surface area contributed by atoms with E-state index in [2.05, 4.69) is 21.6 Å². The first-order valence-electron chi connectivity index (χ1n) is 4.97. The van der Waals surface area contributed by atoms with Gasteiger partial charge < -0.3 is 5.32 Å². The van der Waals surface area contributed by atoms with Crippen molar-refractivity contribution in [2.24, 2.45) is 0 Å². The van der Waals surface area contributed by atoms with Gasteiger partial charge in [-0.05, 0) is 30.0 Å². The number of rotatable bonds is 4. The van der Waals surface area contributed by atoms with E-state index in [1.165, 1.54) is 4.88 Å². The van der Waals surface area contributed by atoms with Crippen molar-refractivity contribution in [2.75, 3.05) is 0 Å². The molecule has 2 heterocycles. The molecule has 0 saturated carbocycles. The Morgan fingerprint density at radius 3 is 3.00 bits per heavy atom. The molecule has 0 aliphatic carbocycles. The van der Waals surface area contributed by atoms with Gasteiger partial charge in [0.05, 0.1) is 0 Å². The molecule has 4 nitrogen and oxygen atoms in total. The molecule has 0 radical (unpaired) electrons. The van der Waals surface area contributed by atoms with Crippen LogP contribution in [0.4, 0.5) is 0 Å². The zero-order valence-electron chi connectivity index (χ0n) is 9.01. The maximum atomic E-state index is 11.7. The first kappa shape index (κ1) is 12.5. The van der Waals surface area contributed by atoms with Crippen molar-refractivity contribution in [3.63, 3.8) is 0 Å². The first-order chi connectivity index (χ1) is 8.15. The summed E-state index contributed by atoms with van der Waals surface area (Å²) in [5.74, 6) is -0.224. The number of carbonyl (C=O) groups excluding carboxylic acids is 1. The molecule has 0 spiro atoms. The first-order valence-corrected chi connectivity index (χ1v) is 7.05. The van der Waals surface area contributed by atoms with E-state index in [0.29, 0.717) is 5.01 Å². The zero-order valence-corrected chi connectivity index (χ0v) is 11.4. The van der Waals surface area contributed by atoms with E-state index in [0.717, 1.165) is 17.8 Å². The lowest BCUT2D eigenvalue weighted by Crippen LogP contribution is -2.33. The van der Waals surface area contributed by atoms with Crippen LogP contribution in [0.1, 0.15) is 21.6 Å². The molecule has 0 aromatic carbocycles. The van der Waals surface area contributed by atoms with Gasteiger partial charge in [0.2, 0.25) is 9.47 Å². The lowest BCUT2D eigenvalue weighted by Gasteiger charge is -2.11. The Bertz CT molecular complexity index is 497. The summed E-state index contributed by atoms with van der Waals surface area (Å²) >= 11 is 8.38. The summed E-state index contributed by atoms with van der Waals surface area (Å²) in [5, 5.41) is 12.5. The van der Waals surface area contributed by atoms with Gasteiger partial charge in [-0.1, -0.05) is 17.4 Å². The monoisotopic (exact) mass is 287 g/mol. The molecule has 0 aliphatic heterocycles. The highest BCUT2D eigenvalue weighted by Crippen LogP contribution is 2.15. The van der Waals surface area contributed by atoms with Gasteiger partial charge in [0.25, 0.3) is 5.91 Å². The van der Waals surface area contributed by atoms with Gasteiger partial charge in [0, 0.05) is 17.3 Å². The van der Waals surface area contributed by atoms with E-state index in [9.17, 15) is 4.79 Å². The molecule has 1 amide bonds. The van der Waals surface area contributed by atoms with E-state index in [1.54, 1.807) is 11.3 Å². The van der Waals surface area contributed by atoms with Gasteiger partial charge in [0.1, 0.15) is 0 Å². The molecule has 1 N–H and O–H groups in total. The molecule has 0 fully saturated rings. The van der Waals surface area contributed by atoms with E-state index in [-0.39, 0.29) is 16.4 Å². The summed E-state index contributed by atoms with van der Waals surface area (Å²) in [4.78, 5) is 13.0. The van der Waals surface area contributed by atoms with Gasteiger partial charge in [-0.15, -0.1) is 21.5 Å². The van der Waals surface area contributed by atoms with Crippen molar-refractivity contribution in [1.29, 1.82) is 0 Å². The van der Waals surface area contributed by atoms with Crippen LogP contribution in [0.2, 0.25) is 4.47 Å². The van der Waals surface area contributed by atoms with Crippen LogP contribution in [0.3, 0.4) is 0 Å². The van der Waals surface area contributed by atoms with Crippen molar-refractivity contribution in [2.45, 2.75) is 19.4 Å². The lowest BCUT2D eigenvalue weighted by atomic mass is 10.2. The molecule has 0 aliphatic rings. The quantitative estimate of drug-likeness (QED) is 0.940. The predicted octanol–water partition coefficient (Wildman–Crippen LogP) is 2.61.